The van der Waals surface area contributed by atoms with E-state index in [1.807, 2.05) is 0 Å². The van der Waals surface area contributed by atoms with Gasteiger partial charge in [0.05, 0.1) is 0 Å². The van der Waals surface area contributed by atoms with E-state index in [4.69, 9.17) is 0 Å². The second-order valence-electron chi connectivity index (χ2n) is 5.06. The molecule has 0 amide bonds. The zero-order valence-electron chi connectivity index (χ0n) is 11.4. The van der Waals surface area contributed by atoms with Crippen molar-refractivity contribution < 1.29 is 13.2 Å². The standard InChI is InChI=1S/C14H19F3N2S/c1-19-9-5-4-6-11(19)10-18-12-7-2-3-8-13(12)20-14(15,16)17/h2-3,7-8,11,18H,4-6,9-10H2,1H3. The Hall–Kier alpha value is -0.880. The number of halogens is 3. The van der Waals surface area contributed by atoms with Gasteiger partial charge in [0.15, 0.2) is 0 Å². The van der Waals surface area contributed by atoms with Gasteiger partial charge in [-0.3, -0.25) is 0 Å². The van der Waals surface area contributed by atoms with E-state index in [1.165, 1.54) is 18.9 Å². The van der Waals surface area contributed by atoms with Crippen LogP contribution in [-0.2, 0) is 0 Å². The quantitative estimate of drug-likeness (QED) is 0.840. The highest BCUT2D eigenvalue weighted by atomic mass is 32.2. The molecule has 1 aromatic rings. The second kappa shape index (κ2) is 6.72. The first-order valence-corrected chi connectivity index (χ1v) is 7.56. The maximum absolute atomic E-state index is 12.5. The summed E-state index contributed by atoms with van der Waals surface area (Å²) in [5, 5.41) is 3.17. The summed E-state index contributed by atoms with van der Waals surface area (Å²) in [7, 11) is 2.07. The number of piperidine rings is 1. The molecule has 0 saturated carbocycles. The van der Waals surface area contributed by atoms with E-state index in [9.17, 15) is 13.2 Å². The fraction of sp³-hybridized carbons (Fsp3) is 0.571. The summed E-state index contributed by atoms with van der Waals surface area (Å²) >= 11 is -0.0613. The van der Waals surface area contributed by atoms with Gasteiger partial charge in [-0.2, -0.15) is 13.2 Å². The molecule has 6 heteroatoms. The van der Waals surface area contributed by atoms with E-state index in [0.29, 0.717) is 18.3 Å². The molecule has 1 aromatic carbocycles. The number of benzene rings is 1. The van der Waals surface area contributed by atoms with Gasteiger partial charge in [0.1, 0.15) is 0 Å². The highest BCUT2D eigenvalue weighted by Gasteiger charge is 2.30. The van der Waals surface area contributed by atoms with Crippen LogP contribution in [0.15, 0.2) is 29.2 Å². The molecule has 2 nitrogen and oxygen atoms in total. The van der Waals surface area contributed by atoms with Crippen LogP contribution >= 0.6 is 11.8 Å². The topological polar surface area (TPSA) is 15.3 Å². The van der Waals surface area contributed by atoms with Crippen LogP contribution in [0.3, 0.4) is 0 Å². The Labute approximate surface area is 121 Å². The highest BCUT2D eigenvalue weighted by molar-refractivity contribution is 8.00. The number of hydrogen-bond acceptors (Lipinski definition) is 3. The third kappa shape index (κ3) is 4.59. The first-order chi connectivity index (χ1) is 9.46. The Bertz CT molecular complexity index is 437. The Morgan fingerprint density at radius 3 is 2.75 bits per heavy atom. The number of anilines is 1. The van der Waals surface area contributed by atoms with Crippen molar-refractivity contribution in [3.05, 3.63) is 24.3 Å². The fourth-order valence-corrected chi connectivity index (χ4v) is 3.10. The van der Waals surface area contributed by atoms with Crippen molar-refractivity contribution in [2.24, 2.45) is 0 Å². The van der Waals surface area contributed by atoms with Crippen LogP contribution in [0.5, 0.6) is 0 Å². The summed E-state index contributed by atoms with van der Waals surface area (Å²) in [6.45, 7) is 1.75. The maximum atomic E-state index is 12.5. The fourth-order valence-electron chi connectivity index (χ4n) is 2.46. The van der Waals surface area contributed by atoms with Crippen molar-refractivity contribution in [2.45, 2.75) is 35.7 Å². The van der Waals surface area contributed by atoms with Gasteiger partial charge in [-0.1, -0.05) is 18.6 Å². The van der Waals surface area contributed by atoms with Crippen LogP contribution < -0.4 is 5.32 Å². The summed E-state index contributed by atoms with van der Waals surface area (Å²) in [5.41, 5.74) is -3.69. The summed E-state index contributed by atoms with van der Waals surface area (Å²) in [5.74, 6) is 0. The van der Waals surface area contributed by atoms with E-state index < -0.39 is 5.51 Å². The van der Waals surface area contributed by atoms with Gasteiger partial charge in [-0.05, 0) is 50.3 Å². The molecular formula is C14H19F3N2S. The lowest BCUT2D eigenvalue weighted by Gasteiger charge is -2.33. The van der Waals surface area contributed by atoms with Crippen molar-refractivity contribution in [3.8, 4) is 0 Å². The van der Waals surface area contributed by atoms with E-state index in [1.54, 1.807) is 18.2 Å². The third-order valence-electron chi connectivity index (χ3n) is 3.56. The number of nitrogens with one attached hydrogen (secondary N) is 1. The van der Waals surface area contributed by atoms with E-state index >= 15 is 0 Å². The molecule has 0 aromatic heterocycles. The molecule has 0 radical (unpaired) electrons. The normalized spacial score (nSPS) is 20.9. The number of likely N-dealkylation sites (N-methyl/N-ethyl adjacent to an activating group) is 1. The molecule has 112 valence electrons. The van der Waals surface area contributed by atoms with Crippen LogP contribution in [-0.4, -0.2) is 36.6 Å². The summed E-state index contributed by atoms with van der Waals surface area (Å²) in [6, 6.07) is 6.99. The molecule has 1 heterocycles. The number of alkyl halides is 3. The number of nitrogens with zero attached hydrogens (tertiary/aromatic N) is 1. The molecule has 1 atom stereocenters. The minimum absolute atomic E-state index is 0.0613. The average molecular weight is 304 g/mol. The zero-order chi connectivity index (χ0) is 14.6. The molecule has 1 aliphatic heterocycles. The maximum Gasteiger partial charge on any atom is 0.446 e. The predicted octanol–water partition coefficient (Wildman–Crippen LogP) is 4.19. The minimum Gasteiger partial charge on any atom is -0.383 e. The molecular weight excluding hydrogens is 285 g/mol. The molecule has 0 aliphatic carbocycles. The van der Waals surface area contributed by atoms with Gasteiger partial charge < -0.3 is 10.2 Å². The summed E-state index contributed by atoms with van der Waals surface area (Å²) in [4.78, 5) is 2.51. The smallest absolute Gasteiger partial charge is 0.383 e. The number of para-hydroxylation sites is 1. The van der Waals surface area contributed by atoms with Gasteiger partial charge in [0.2, 0.25) is 0 Å². The van der Waals surface area contributed by atoms with Crippen LogP contribution in [0.25, 0.3) is 0 Å². The lowest BCUT2D eigenvalue weighted by molar-refractivity contribution is -0.0327. The van der Waals surface area contributed by atoms with Crippen LogP contribution in [0.1, 0.15) is 19.3 Å². The average Bonchev–Trinajstić information content (AvgIpc) is 2.37. The molecule has 2 rings (SSSR count). The minimum atomic E-state index is -4.25. The number of likely N-dealkylation sites (tertiary alicyclic amines) is 1. The molecule has 1 aliphatic rings. The van der Waals surface area contributed by atoms with Gasteiger partial charge in [-0.25, -0.2) is 0 Å². The number of thioether (sulfide) groups is 1. The first kappa shape index (κ1) is 15.5. The van der Waals surface area contributed by atoms with E-state index in [2.05, 4.69) is 17.3 Å². The molecule has 1 fully saturated rings. The lowest BCUT2D eigenvalue weighted by atomic mass is 10.0. The monoisotopic (exact) mass is 304 g/mol. The van der Waals surface area contributed by atoms with E-state index in [-0.39, 0.29) is 16.7 Å². The van der Waals surface area contributed by atoms with Crippen molar-refractivity contribution in [1.29, 1.82) is 0 Å². The largest absolute Gasteiger partial charge is 0.446 e. The van der Waals surface area contributed by atoms with Crippen molar-refractivity contribution in [3.63, 3.8) is 0 Å². The zero-order valence-corrected chi connectivity index (χ0v) is 12.2. The van der Waals surface area contributed by atoms with Crippen LogP contribution in [0, 0.1) is 0 Å². The van der Waals surface area contributed by atoms with Crippen molar-refractivity contribution in [1.82, 2.24) is 4.90 Å². The number of rotatable bonds is 4. The molecule has 1 N–H and O–H groups in total. The van der Waals surface area contributed by atoms with Crippen molar-refractivity contribution in [2.75, 3.05) is 25.5 Å². The third-order valence-corrected chi connectivity index (χ3v) is 4.37. The SMILES string of the molecule is CN1CCCCC1CNc1ccccc1SC(F)(F)F. The molecule has 0 spiro atoms. The van der Waals surface area contributed by atoms with Gasteiger partial charge in [0.25, 0.3) is 0 Å². The first-order valence-electron chi connectivity index (χ1n) is 6.74. The van der Waals surface area contributed by atoms with Crippen LogP contribution in [0.4, 0.5) is 18.9 Å². The Morgan fingerprint density at radius 1 is 1.30 bits per heavy atom. The second-order valence-corrected chi connectivity index (χ2v) is 6.16. The Balaban J connectivity index is 1.98. The molecule has 1 unspecified atom stereocenters. The molecule has 1 saturated heterocycles. The van der Waals surface area contributed by atoms with Gasteiger partial charge in [0, 0.05) is 23.2 Å². The molecule has 0 bridgehead atoms. The Morgan fingerprint density at radius 2 is 2.05 bits per heavy atom. The van der Waals surface area contributed by atoms with Gasteiger partial charge in [-0.15, -0.1) is 0 Å². The Kier molecular flexibility index (Phi) is 5.21. The predicted molar refractivity (Wildman–Crippen MR) is 77.1 cm³/mol. The van der Waals surface area contributed by atoms with E-state index in [0.717, 1.165) is 13.0 Å². The van der Waals surface area contributed by atoms with Crippen LogP contribution in [0.2, 0.25) is 0 Å². The summed E-state index contributed by atoms with van der Waals surface area (Å²) in [6.07, 6.45) is 3.49. The lowest BCUT2D eigenvalue weighted by Crippen LogP contribution is -2.40. The highest BCUT2D eigenvalue weighted by Crippen LogP contribution is 2.40. The van der Waals surface area contributed by atoms with Crippen molar-refractivity contribution >= 4 is 17.4 Å². The summed E-state index contributed by atoms with van der Waals surface area (Å²) < 4.78 is 37.5. The number of hydrogen-bond donors (Lipinski definition) is 1. The van der Waals surface area contributed by atoms with Gasteiger partial charge >= 0.3 is 5.51 Å². The molecule has 20 heavy (non-hydrogen) atoms.